The maximum Gasteiger partial charge on any atom is 0.251 e. The molecule has 1 aromatic carbocycles. The Hall–Kier alpha value is -2.10. The fourth-order valence-electron chi connectivity index (χ4n) is 3.49. The van der Waals surface area contributed by atoms with Crippen molar-refractivity contribution in [3.63, 3.8) is 0 Å². The van der Waals surface area contributed by atoms with E-state index in [-0.39, 0.29) is 5.91 Å². The second-order valence-corrected chi connectivity index (χ2v) is 6.50. The zero-order chi connectivity index (χ0) is 16.1. The Kier molecular flexibility index (Phi) is 5.11. The minimum atomic E-state index is 0.0332. The highest BCUT2D eigenvalue weighted by atomic mass is 16.1. The lowest BCUT2D eigenvalue weighted by Crippen LogP contribution is -2.37. The van der Waals surface area contributed by atoms with Crippen LogP contribution in [0.4, 0.5) is 0 Å². The van der Waals surface area contributed by atoms with E-state index in [4.69, 9.17) is 0 Å². The van der Waals surface area contributed by atoms with E-state index in [0.717, 1.165) is 24.4 Å². The molecule has 1 amide bonds. The first-order chi connectivity index (χ1) is 11.3. The number of amides is 1. The van der Waals surface area contributed by atoms with Crippen molar-refractivity contribution in [3.05, 3.63) is 48.5 Å². The summed E-state index contributed by atoms with van der Waals surface area (Å²) in [6.45, 7) is 2.25. The number of aromatic nitrogens is 2. The van der Waals surface area contributed by atoms with Crippen LogP contribution in [0.25, 0.3) is 5.69 Å². The summed E-state index contributed by atoms with van der Waals surface area (Å²) in [6, 6.07) is 8.02. The van der Waals surface area contributed by atoms with E-state index in [1.54, 1.807) is 12.5 Å². The van der Waals surface area contributed by atoms with Crippen LogP contribution in [0.1, 0.15) is 55.8 Å². The highest BCUT2D eigenvalue weighted by molar-refractivity contribution is 5.94. The van der Waals surface area contributed by atoms with E-state index in [1.807, 2.05) is 35.0 Å². The van der Waals surface area contributed by atoms with E-state index in [9.17, 15) is 4.79 Å². The van der Waals surface area contributed by atoms with E-state index >= 15 is 0 Å². The molecule has 1 saturated carbocycles. The first-order valence-corrected chi connectivity index (χ1v) is 8.65. The Bertz CT molecular complexity index is 628. The summed E-state index contributed by atoms with van der Waals surface area (Å²) < 4.78 is 1.91. The molecule has 1 N–H and O–H groups in total. The summed E-state index contributed by atoms with van der Waals surface area (Å²) in [5.74, 6) is 0.892. The molecule has 0 radical (unpaired) electrons. The summed E-state index contributed by atoms with van der Waals surface area (Å²) in [4.78, 5) is 16.6. The molecule has 1 aliphatic carbocycles. The second kappa shape index (κ2) is 7.44. The largest absolute Gasteiger partial charge is 0.349 e. The molecule has 1 fully saturated rings. The van der Waals surface area contributed by atoms with E-state index < -0.39 is 0 Å². The Labute approximate surface area is 137 Å². The van der Waals surface area contributed by atoms with Crippen molar-refractivity contribution in [2.24, 2.45) is 5.92 Å². The lowest BCUT2D eigenvalue weighted by atomic mass is 9.83. The number of nitrogens with one attached hydrogen (secondary N) is 1. The summed E-state index contributed by atoms with van der Waals surface area (Å²) >= 11 is 0. The van der Waals surface area contributed by atoms with Crippen molar-refractivity contribution in [1.29, 1.82) is 0 Å². The number of carbonyl (C=O) groups excluding carboxylic acids is 1. The summed E-state index contributed by atoms with van der Waals surface area (Å²) in [7, 11) is 0. The number of carbonyl (C=O) groups is 1. The van der Waals surface area contributed by atoms with Crippen LogP contribution >= 0.6 is 0 Å². The molecule has 1 aliphatic rings. The molecule has 0 spiro atoms. The second-order valence-electron chi connectivity index (χ2n) is 6.50. The van der Waals surface area contributed by atoms with Crippen LogP contribution in [0.15, 0.2) is 43.0 Å². The Morgan fingerprint density at radius 2 is 2.13 bits per heavy atom. The van der Waals surface area contributed by atoms with Gasteiger partial charge in [0.15, 0.2) is 0 Å². The zero-order valence-corrected chi connectivity index (χ0v) is 13.7. The first-order valence-electron chi connectivity index (χ1n) is 8.65. The normalized spacial score (nSPS) is 21.1. The van der Waals surface area contributed by atoms with Gasteiger partial charge in [-0.05, 0) is 49.8 Å². The van der Waals surface area contributed by atoms with Gasteiger partial charge in [-0.1, -0.05) is 25.8 Å². The van der Waals surface area contributed by atoms with Gasteiger partial charge in [0.2, 0.25) is 0 Å². The molecule has 2 aromatic rings. The number of hydrogen-bond acceptors (Lipinski definition) is 2. The summed E-state index contributed by atoms with van der Waals surface area (Å²) in [5.41, 5.74) is 1.67. The molecule has 0 atom stereocenters. The molecule has 0 unspecified atom stereocenters. The van der Waals surface area contributed by atoms with E-state index in [1.165, 1.54) is 25.7 Å². The molecule has 0 aliphatic heterocycles. The summed E-state index contributed by atoms with van der Waals surface area (Å²) in [5, 5.41) is 3.21. The van der Waals surface area contributed by atoms with Gasteiger partial charge in [-0.15, -0.1) is 0 Å². The summed E-state index contributed by atoms with van der Waals surface area (Å²) in [6.07, 6.45) is 12.7. The zero-order valence-electron chi connectivity index (χ0n) is 13.7. The fourth-order valence-corrected chi connectivity index (χ4v) is 3.49. The monoisotopic (exact) mass is 311 g/mol. The topological polar surface area (TPSA) is 46.9 Å². The van der Waals surface area contributed by atoms with Gasteiger partial charge in [0, 0.05) is 29.7 Å². The number of benzene rings is 1. The molecule has 1 heterocycles. The van der Waals surface area contributed by atoms with Crippen LogP contribution in [-0.2, 0) is 0 Å². The van der Waals surface area contributed by atoms with Crippen molar-refractivity contribution in [3.8, 4) is 5.69 Å². The lowest BCUT2D eigenvalue weighted by Gasteiger charge is -2.29. The SMILES string of the molecule is CCCC1CCC(NC(=O)c2cccc(-n3ccnc3)c2)CC1. The predicted octanol–water partition coefficient (Wildman–Crippen LogP) is 3.96. The maximum absolute atomic E-state index is 12.5. The molecule has 1 aromatic heterocycles. The van der Waals surface area contributed by atoms with E-state index in [0.29, 0.717) is 11.6 Å². The predicted molar refractivity (Wildman–Crippen MR) is 91.7 cm³/mol. The molecule has 4 heteroatoms. The Morgan fingerprint density at radius 1 is 1.30 bits per heavy atom. The van der Waals surface area contributed by atoms with Gasteiger partial charge in [0.25, 0.3) is 5.91 Å². The highest BCUT2D eigenvalue weighted by Crippen LogP contribution is 2.27. The van der Waals surface area contributed by atoms with Crippen molar-refractivity contribution in [2.75, 3.05) is 0 Å². The molecule has 23 heavy (non-hydrogen) atoms. The Balaban J connectivity index is 1.60. The van der Waals surface area contributed by atoms with Gasteiger partial charge >= 0.3 is 0 Å². The lowest BCUT2D eigenvalue weighted by molar-refractivity contribution is 0.0921. The van der Waals surface area contributed by atoms with Gasteiger partial charge in [-0.3, -0.25) is 4.79 Å². The van der Waals surface area contributed by atoms with Crippen LogP contribution < -0.4 is 5.32 Å². The van der Waals surface area contributed by atoms with Crippen LogP contribution in [0.3, 0.4) is 0 Å². The van der Waals surface area contributed by atoms with Gasteiger partial charge in [-0.25, -0.2) is 4.98 Å². The first kappa shape index (κ1) is 15.8. The van der Waals surface area contributed by atoms with Crippen LogP contribution in [0.2, 0.25) is 0 Å². The molecule has 0 saturated heterocycles. The smallest absolute Gasteiger partial charge is 0.251 e. The van der Waals surface area contributed by atoms with Crippen molar-refractivity contribution >= 4 is 5.91 Å². The average Bonchev–Trinajstić information content (AvgIpc) is 3.12. The quantitative estimate of drug-likeness (QED) is 0.908. The third kappa shape index (κ3) is 4.01. The molecule has 4 nitrogen and oxygen atoms in total. The number of rotatable bonds is 5. The van der Waals surface area contributed by atoms with Crippen LogP contribution in [0, 0.1) is 5.92 Å². The van der Waals surface area contributed by atoms with Crippen molar-refractivity contribution in [2.45, 2.75) is 51.5 Å². The highest BCUT2D eigenvalue weighted by Gasteiger charge is 2.22. The maximum atomic E-state index is 12.5. The standard InChI is InChI=1S/C19H25N3O/c1-2-4-15-7-9-17(10-8-15)21-19(23)16-5-3-6-18(13-16)22-12-11-20-14-22/h3,5-6,11-15,17H,2,4,7-10H2,1H3,(H,21,23). The van der Waals surface area contributed by atoms with Crippen molar-refractivity contribution in [1.82, 2.24) is 14.9 Å². The minimum absolute atomic E-state index is 0.0332. The van der Waals surface area contributed by atoms with Gasteiger partial charge in [0.05, 0.1) is 6.33 Å². The third-order valence-electron chi connectivity index (χ3n) is 4.79. The van der Waals surface area contributed by atoms with Gasteiger partial charge < -0.3 is 9.88 Å². The molecule has 0 bridgehead atoms. The van der Waals surface area contributed by atoms with E-state index in [2.05, 4.69) is 17.2 Å². The molecule has 3 rings (SSSR count). The van der Waals surface area contributed by atoms with Gasteiger partial charge in [-0.2, -0.15) is 0 Å². The van der Waals surface area contributed by atoms with Crippen molar-refractivity contribution < 1.29 is 4.79 Å². The Morgan fingerprint density at radius 3 is 2.83 bits per heavy atom. The molecular weight excluding hydrogens is 286 g/mol. The third-order valence-corrected chi connectivity index (χ3v) is 4.79. The number of hydrogen-bond donors (Lipinski definition) is 1. The minimum Gasteiger partial charge on any atom is -0.349 e. The number of nitrogens with zero attached hydrogens (tertiary/aromatic N) is 2. The molecule has 122 valence electrons. The number of imidazole rings is 1. The van der Waals surface area contributed by atoms with Crippen LogP contribution in [0.5, 0.6) is 0 Å². The van der Waals surface area contributed by atoms with Gasteiger partial charge in [0.1, 0.15) is 0 Å². The fraction of sp³-hybridized carbons (Fsp3) is 0.474. The molecular formula is C19H25N3O. The average molecular weight is 311 g/mol. The van der Waals surface area contributed by atoms with Crippen LogP contribution in [-0.4, -0.2) is 21.5 Å².